The van der Waals surface area contributed by atoms with Gasteiger partial charge in [-0.2, -0.15) is 0 Å². The maximum atomic E-state index is 6.23. The number of nitrogens with one attached hydrogen (secondary N) is 1. The number of hydrogen-bond acceptors (Lipinski definition) is 2. The van der Waals surface area contributed by atoms with E-state index in [0.29, 0.717) is 10.0 Å². The second-order valence-electron chi connectivity index (χ2n) is 3.90. The van der Waals surface area contributed by atoms with Crippen LogP contribution in [0.5, 0.6) is 0 Å². The number of aromatic amines is 1. The highest BCUT2D eigenvalue weighted by atomic mass is 35.5. The average molecular weight is 289 g/mol. The molecule has 2 heterocycles. The third-order valence-electron chi connectivity index (χ3n) is 2.70. The van der Waals surface area contributed by atoms with Gasteiger partial charge in [-0.25, -0.2) is 9.97 Å². The Morgan fingerprint density at radius 2 is 2.00 bits per heavy atom. The molecule has 5 heteroatoms. The van der Waals surface area contributed by atoms with Gasteiger partial charge in [0.15, 0.2) is 0 Å². The first-order valence-corrected chi connectivity index (χ1v) is 6.33. The number of H-pyrrole nitrogens is 1. The third-order valence-corrected chi connectivity index (χ3v) is 3.24. The van der Waals surface area contributed by atoms with Crippen LogP contribution in [0.1, 0.15) is 0 Å². The highest BCUT2D eigenvalue weighted by molar-refractivity contribution is 6.36. The van der Waals surface area contributed by atoms with Gasteiger partial charge in [0.05, 0.1) is 16.9 Å². The first kappa shape index (κ1) is 12.2. The van der Waals surface area contributed by atoms with Gasteiger partial charge in [0.2, 0.25) is 0 Å². The molecule has 0 atom stereocenters. The average Bonchev–Trinajstić information content (AvgIpc) is 2.93. The van der Waals surface area contributed by atoms with Crippen LogP contribution in [0.2, 0.25) is 10.0 Å². The lowest BCUT2D eigenvalue weighted by molar-refractivity contribution is 1.25. The molecule has 0 aliphatic carbocycles. The summed E-state index contributed by atoms with van der Waals surface area (Å²) >= 11 is 12.1. The van der Waals surface area contributed by atoms with E-state index in [0.717, 1.165) is 22.6 Å². The molecular formula is C14H8Cl2N3. The molecule has 1 radical (unpaired) electrons. The lowest BCUT2D eigenvalue weighted by atomic mass is 10.1. The van der Waals surface area contributed by atoms with E-state index >= 15 is 0 Å². The van der Waals surface area contributed by atoms with Crippen LogP contribution in [-0.4, -0.2) is 15.0 Å². The molecule has 93 valence electrons. The summed E-state index contributed by atoms with van der Waals surface area (Å²) in [6.45, 7) is 0. The van der Waals surface area contributed by atoms with E-state index in [-0.39, 0.29) is 0 Å². The predicted molar refractivity (Wildman–Crippen MR) is 76.1 cm³/mol. The van der Waals surface area contributed by atoms with E-state index in [1.165, 1.54) is 0 Å². The first-order chi connectivity index (χ1) is 9.25. The molecule has 0 fully saturated rings. The van der Waals surface area contributed by atoms with Crippen molar-refractivity contribution < 1.29 is 0 Å². The van der Waals surface area contributed by atoms with Crippen LogP contribution in [0, 0.1) is 6.20 Å². The summed E-state index contributed by atoms with van der Waals surface area (Å²) in [7, 11) is 0. The molecule has 1 aromatic carbocycles. The molecule has 2 aromatic heterocycles. The van der Waals surface area contributed by atoms with Gasteiger partial charge in [-0.05, 0) is 30.3 Å². The number of rotatable bonds is 2. The predicted octanol–water partition coefficient (Wildman–Crippen LogP) is 4.25. The Labute approximate surface area is 120 Å². The largest absolute Gasteiger partial charge is 0.345 e. The van der Waals surface area contributed by atoms with E-state index in [1.807, 2.05) is 12.1 Å². The van der Waals surface area contributed by atoms with Gasteiger partial charge in [0.1, 0.15) is 5.82 Å². The highest BCUT2D eigenvalue weighted by Crippen LogP contribution is 2.34. The smallest absolute Gasteiger partial charge is 0.139 e. The molecule has 19 heavy (non-hydrogen) atoms. The minimum Gasteiger partial charge on any atom is -0.345 e. The van der Waals surface area contributed by atoms with Crippen LogP contribution < -0.4 is 0 Å². The summed E-state index contributed by atoms with van der Waals surface area (Å²) in [6, 6.07) is 8.95. The van der Waals surface area contributed by atoms with Gasteiger partial charge >= 0.3 is 0 Å². The fourth-order valence-corrected chi connectivity index (χ4v) is 2.35. The molecule has 0 spiro atoms. The van der Waals surface area contributed by atoms with Crippen LogP contribution in [0.4, 0.5) is 0 Å². The number of hydrogen-bond donors (Lipinski definition) is 1. The minimum absolute atomic E-state index is 0.549. The van der Waals surface area contributed by atoms with Crippen LogP contribution in [0.15, 0.2) is 42.7 Å². The molecule has 3 aromatic rings. The topological polar surface area (TPSA) is 41.6 Å². The molecule has 0 saturated carbocycles. The Kier molecular flexibility index (Phi) is 3.23. The second kappa shape index (κ2) is 5.03. The van der Waals surface area contributed by atoms with E-state index in [1.54, 1.807) is 30.6 Å². The lowest BCUT2D eigenvalue weighted by Gasteiger charge is -2.08. The molecule has 0 aliphatic heterocycles. The summed E-state index contributed by atoms with van der Waals surface area (Å²) in [6.07, 6.45) is 6.28. The van der Waals surface area contributed by atoms with Crippen molar-refractivity contribution in [3.63, 3.8) is 0 Å². The van der Waals surface area contributed by atoms with Crippen molar-refractivity contribution in [2.45, 2.75) is 0 Å². The van der Waals surface area contributed by atoms with Gasteiger partial charge in [-0.3, -0.25) is 0 Å². The molecule has 3 nitrogen and oxygen atoms in total. The molecule has 1 N–H and O–H groups in total. The number of benzene rings is 1. The van der Waals surface area contributed by atoms with Crippen LogP contribution in [0.3, 0.4) is 0 Å². The Morgan fingerprint density at radius 3 is 2.74 bits per heavy atom. The van der Waals surface area contributed by atoms with Gasteiger partial charge in [-0.1, -0.05) is 23.2 Å². The lowest BCUT2D eigenvalue weighted by Crippen LogP contribution is -1.91. The quantitative estimate of drug-likeness (QED) is 0.766. The third kappa shape index (κ3) is 2.35. The van der Waals surface area contributed by atoms with E-state index in [4.69, 9.17) is 23.2 Å². The highest BCUT2D eigenvalue weighted by Gasteiger charge is 2.13. The number of aromatic nitrogens is 3. The number of halogens is 2. The summed E-state index contributed by atoms with van der Waals surface area (Å²) in [5.74, 6) is 0.738. The van der Waals surface area contributed by atoms with Gasteiger partial charge in [0.25, 0.3) is 0 Å². The zero-order chi connectivity index (χ0) is 13.2. The van der Waals surface area contributed by atoms with Crippen LogP contribution in [0.25, 0.3) is 22.6 Å². The number of pyridine rings is 1. The van der Waals surface area contributed by atoms with Crippen LogP contribution >= 0.6 is 23.2 Å². The maximum absolute atomic E-state index is 6.23. The Hall–Kier alpha value is -1.84. The minimum atomic E-state index is 0.549. The van der Waals surface area contributed by atoms with Crippen molar-refractivity contribution in [1.29, 1.82) is 0 Å². The fourth-order valence-electron chi connectivity index (χ4n) is 1.85. The molecule has 0 saturated heterocycles. The molecular weight excluding hydrogens is 281 g/mol. The van der Waals surface area contributed by atoms with Crippen molar-refractivity contribution in [1.82, 2.24) is 15.0 Å². The summed E-state index contributed by atoms with van der Waals surface area (Å²) in [5, 5.41) is 1.14. The number of nitrogens with zero attached hydrogens (tertiary/aromatic N) is 2. The standard InChI is InChI=1S/C14H8Cl2N3/c15-9-3-4-10(12(16)8-9)13-11(2-1-5-17-13)14-18-6-7-19-14/h1-4,6-8H,(H,18,19). The zero-order valence-corrected chi connectivity index (χ0v) is 11.2. The molecule has 3 rings (SSSR count). The monoisotopic (exact) mass is 288 g/mol. The molecule has 0 unspecified atom stereocenters. The van der Waals surface area contributed by atoms with Crippen molar-refractivity contribution in [3.05, 3.63) is 59.0 Å². The Bertz CT molecular complexity index is 708. The fraction of sp³-hybridized carbons (Fsp3) is 0. The van der Waals surface area contributed by atoms with Crippen molar-refractivity contribution in [3.8, 4) is 22.6 Å². The molecule has 0 aliphatic rings. The normalized spacial score (nSPS) is 10.6. The maximum Gasteiger partial charge on any atom is 0.139 e. The summed E-state index contributed by atoms with van der Waals surface area (Å²) in [4.78, 5) is 11.6. The van der Waals surface area contributed by atoms with Gasteiger partial charge in [-0.15, -0.1) is 0 Å². The van der Waals surface area contributed by atoms with Crippen molar-refractivity contribution in [2.24, 2.45) is 0 Å². The van der Waals surface area contributed by atoms with Gasteiger partial charge in [0, 0.05) is 28.5 Å². The van der Waals surface area contributed by atoms with E-state index in [2.05, 4.69) is 21.1 Å². The Balaban J connectivity index is 2.21. The van der Waals surface area contributed by atoms with Crippen LogP contribution in [-0.2, 0) is 0 Å². The second-order valence-corrected chi connectivity index (χ2v) is 4.74. The van der Waals surface area contributed by atoms with Crippen molar-refractivity contribution >= 4 is 23.2 Å². The van der Waals surface area contributed by atoms with E-state index < -0.39 is 0 Å². The molecule has 0 bridgehead atoms. The summed E-state index contributed by atoms with van der Waals surface area (Å²) < 4.78 is 0. The number of imidazole rings is 1. The van der Waals surface area contributed by atoms with E-state index in [9.17, 15) is 0 Å². The van der Waals surface area contributed by atoms with Crippen molar-refractivity contribution in [2.75, 3.05) is 0 Å². The Morgan fingerprint density at radius 1 is 1.11 bits per heavy atom. The van der Waals surface area contributed by atoms with Gasteiger partial charge < -0.3 is 4.98 Å². The summed E-state index contributed by atoms with van der Waals surface area (Å²) in [5.41, 5.74) is 2.39. The molecule has 0 amide bonds. The zero-order valence-electron chi connectivity index (χ0n) is 9.69. The SMILES string of the molecule is Clc1ccc(-c2n[c]ccc2-c2ncc[nH]2)c(Cl)c1. The first-order valence-electron chi connectivity index (χ1n) is 5.58.